The average molecular weight is 177 g/mol. The number of nitrogens with zero attached hydrogens (tertiary/aromatic N) is 1. The highest BCUT2D eigenvalue weighted by Crippen LogP contribution is 2.30. The first-order chi connectivity index (χ1) is 6.33. The van der Waals surface area contributed by atoms with Gasteiger partial charge >= 0.3 is 0 Å². The van der Waals surface area contributed by atoms with Gasteiger partial charge in [0.25, 0.3) is 0 Å². The minimum absolute atomic E-state index is 0.289. The molecule has 1 saturated heterocycles. The third-order valence-electron chi connectivity index (χ3n) is 2.75. The molecule has 0 bridgehead atoms. The van der Waals surface area contributed by atoms with Crippen LogP contribution in [-0.2, 0) is 0 Å². The molecule has 1 aromatic carbocycles. The first-order valence-electron chi connectivity index (χ1n) is 4.74. The molecule has 3 atom stereocenters. The van der Waals surface area contributed by atoms with Gasteiger partial charge in [-0.05, 0) is 12.5 Å². The van der Waals surface area contributed by atoms with Crippen molar-refractivity contribution >= 4 is 0 Å². The summed E-state index contributed by atoms with van der Waals surface area (Å²) in [5.74, 6) is 0. The Morgan fingerprint density at radius 2 is 2.15 bits per heavy atom. The molecule has 1 fully saturated rings. The Balaban J connectivity index is 2.03. The van der Waals surface area contributed by atoms with Crippen molar-refractivity contribution in [1.29, 1.82) is 0 Å². The Bertz CT molecular complexity index is 273. The summed E-state index contributed by atoms with van der Waals surface area (Å²) < 4.78 is 0. The van der Waals surface area contributed by atoms with Crippen LogP contribution < -0.4 is 0 Å². The number of hydrogen-bond acceptors (Lipinski definition) is 2. The van der Waals surface area contributed by atoms with Crippen LogP contribution in [0.1, 0.15) is 18.5 Å². The van der Waals surface area contributed by atoms with Crippen LogP contribution in [0, 0.1) is 0 Å². The normalized spacial score (nSPS) is 28.5. The summed E-state index contributed by atoms with van der Waals surface area (Å²) >= 11 is 0. The molecule has 1 aliphatic heterocycles. The maximum Gasteiger partial charge on any atom is 0.0599 e. The highest BCUT2D eigenvalue weighted by atomic mass is 16.3. The lowest BCUT2D eigenvalue weighted by molar-refractivity contribution is 0.259. The van der Waals surface area contributed by atoms with E-state index in [9.17, 15) is 0 Å². The molecule has 0 aliphatic carbocycles. The summed E-state index contributed by atoms with van der Waals surface area (Å²) in [5.41, 5.74) is 1.33. The second-order valence-electron chi connectivity index (χ2n) is 3.62. The SMILES string of the molecule is C[C@@H](c1ccccc1)N1CC1CO. The van der Waals surface area contributed by atoms with Gasteiger partial charge in [-0.15, -0.1) is 0 Å². The van der Waals surface area contributed by atoms with E-state index in [1.54, 1.807) is 0 Å². The molecule has 13 heavy (non-hydrogen) atoms. The molecule has 1 aliphatic rings. The Morgan fingerprint density at radius 1 is 1.46 bits per heavy atom. The van der Waals surface area contributed by atoms with Gasteiger partial charge < -0.3 is 5.11 Å². The Labute approximate surface area is 78.8 Å². The van der Waals surface area contributed by atoms with Crippen molar-refractivity contribution in [2.75, 3.05) is 13.2 Å². The van der Waals surface area contributed by atoms with E-state index in [0.29, 0.717) is 12.1 Å². The molecule has 1 N–H and O–H groups in total. The van der Waals surface area contributed by atoms with Crippen molar-refractivity contribution in [3.8, 4) is 0 Å². The predicted octanol–water partition coefficient (Wildman–Crippen LogP) is 1.42. The van der Waals surface area contributed by atoms with E-state index in [1.165, 1.54) is 5.56 Å². The molecule has 0 amide bonds. The third kappa shape index (κ3) is 1.74. The van der Waals surface area contributed by atoms with Crippen LogP contribution in [0.2, 0.25) is 0 Å². The molecular weight excluding hydrogens is 162 g/mol. The predicted molar refractivity (Wildman–Crippen MR) is 52.4 cm³/mol. The summed E-state index contributed by atoms with van der Waals surface area (Å²) in [6.07, 6.45) is 0. The van der Waals surface area contributed by atoms with Gasteiger partial charge in [-0.25, -0.2) is 0 Å². The van der Waals surface area contributed by atoms with E-state index in [-0.39, 0.29) is 6.61 Å². The standard InChI is InChI=1S/C11H15NO/c1-9(12-7-11(12)8-13)10-5-3-2-4-6-10/h2-6,9,11,13H,7-8H2,1H3/t9-,11?,12?/m0/s1. The second kappa shape index (κ2) is 3.48. The first kappa shape index (κ1) is 8.73. The number of aliphatic hydroxyl groups excluding tert-OH is 1. The Morgan fingerprint density at radius 3 is 2.69 bits per heavy atom. The molecule has 1 heterocycles. The van der Waals surface area contributed by atoms with E-state index >= 15 is 0 Å². The fourth-order valence-electron chi connectivity index (χ4n) is 1.76. The molecule has 2 heteroatoms. The maximum absolute atomic E-state index is 8.93. The highest BCUT2D eigenvalue weighted by Gasteiger charge is 2.37. The first-order valence-corrected chi connectivity index (χ1v) is 4.74. The van der Waals surface area contributed by atoms with Crippen LogP contribution in [0.4, 0.5) is 0 Å². The van der Waals surface area contributed by atoms with Gasteiger partial charge in [-0.2, -0.15) is 0 Å². The number of hydrogen-bond donors (Lipinski definition) is 1. The lowest BCUT2D eigenvalue weighted by atomic mass is 10.1. The number of aliphatic hydroxyl groups is 1. The molecule has 70 valence electrons. The summed E-state index contributed by atoms with van der Waals surface area (Å²) in [4.78, 5) is 2.30. The van der Waals surface area contributed by atoms with E-state index in [2.05, 4.69) is 36.1 Å². The zero-order valence-corrected chi connectivity index (χ0v) is 7.85. The largest absolute Gasteiger partial charge is 0.395 e. The molecule has 2 unspecified atom stereocenters. The minimum atomic E-state index is 0.289. The second-order valence-corrected chi connectivity index (χ2v) is 3.62. The zero-order chi connectivity index (χ0) is 9.26. The van der Waals surface area contributed by atoms with Crippen molar-refractivity contribution in [2.24, 2.45) is 0 Å². The van der Waals surface area contributed by atoms with Crippen LogP contribution >= 0.6 is 0 Å². The van der Waals surface area contributed by atoms with Crippen molar-refractivity contribution in [3.63, 3.8) is 0 Å². The van der Waals surface area contributed by atoms with E-state index < -0.39 is 0 Å². The molecule has 0 spiro atoms. The minimum Gasteiger partial charge on any atom is -0.395 e. The number of rotatable bonds is 3. The summed E-state index contributed by atoms with van der Waals surface area (Å²) in [5, 5.41) is 8.93. The van der Waals surface area contributed by atoms with Crippen molar-refractivity contribution in [3.05, 3.63) is 35.9 Å². The van der Waals surface area contributed by atoms with Gasteiger partial charge in [0, 0.05) is 18.6 Å². The van der Waals surface area contributed by atoms with Gasteiger partial charge in [0.05, 0.1) is 6.61 Å². The van der Waals surface area contributed by atoms with E-state index in [0.717, 1.165) is 6.54 Å². The molecule has 2 nitrogen and oxygen atoms in total. The van der Waals surface area contributed by atoms with Crippen LogP contribution in [0.15, 0.2) is 30.3 Å². The lowest BCUT2D eigenvalue weighted by Crippen LogP contribution is -2.10. The molecule has 0 aromatic heterocycles. The fraction of sp³-hybridized carbons (Fsp3) is 0.455. The topological polar surface area (TPSA) is 23.2 Å². The van der Waals surface area contributed by atoms with E-state index in [4.69, 9.17) is 5.11 Å². The summed E-state index contributed by atoms with van der Waals surface area (Å²) in [6.45, 7) is 3.51. The fourth-order valence-corrected chi connectivity index (χ4v) is 1.76. The van der Waals surface area contributed by atoms with Crippen molar-refractivity contribution in [1.82, 2.24) is 4.90 Å². The molecule has 0 radical (unpaired) electrons. The highest BCUT2D eigenvalue weighted by molar-refractivity contribution is 5.20. The lowest BCUT2D eigenvalue weighted by Gasteiger charge is -2.13. The smallest absolute Gasteiger partial charge is 0.0599 e. The molecule has 0 saturated carbocycles. The van der Waals surface area contributed by atoms with Gasteiger partial charge in [0.2, 0.25) is 0 Å². The van der Waals surface area contributed by atoms with Gasteiger partial charge in [0.15, 0.2) is 0 Å². The van der Waals surface area contributed by atoms with Crippen molar-refractivity contribution < 1.29 is 5.11 Å². The van der Waals surface area contributed by atoms with Crippen LogP contribution in [0.25, 0.3) is 0 Å². The summed E-state index contributed by atoms with van der Waals surface area (Å²) in [6, 6.07) is 11.3. The van der Waals surface area contributed by atoms with Crippen LogP contribution in [0.5, 0.6) is 0 Å². The van der Waals surface area contributed by atoms with Crippen LogP contribution in [0.3, 0.4) is 0 Å². The van der Waals surface area contributed by atoms with Gasteiger partial charge in [-0.1, -0.05) is 30.3 Å². The Hall–Kier alpha value is -0.860. The monoisotopic (exact) mass is 177 g/mol. The number of benzene rings is 1. The van der Waals surface area contributed by atoms with Crippen molar-refractivity contribution in [2.45, 2.75) is 19.0 Å². The van der Waals surface area contributed by atoms with Gasteiger partial charge in [0.1, 0.15) is 0 Å². The molecule has 1 aromatic rings. The summed E-state index contributed by atoms with van der Waals surface area (Å²) in [7, 11) is 0. The maximum atomic E-state index is 8.93. The average Bonchev–Trinajstić information content (AvgIpc) is 2.97. The zero-order valence-electron chi connectivity index (χ0n) is 7.85. The molecular formula is C11H15NO. The van der Waals surface area contributed by atoms with Crippen LogP contribution in [-0.4, -0.2) is 29.2 Å². The van der Waals surface area contributed by atoms with E-state index in [1.807, 2.05) is 6.07 Å². The Kier molecular flexibility index (Phi) is 2.34. The third-order valence-corrected chi connectivity index (χ3v) is 2.75. The molecule has 2 rings (SSSR count). The quantitative estimate of drug-likeness (QED) is 0.706. The van der Waals surface area contributed by atoms with Gasteiger partial charge in [-0.3, -0.25) is 4.90 Å².